The Morgan fingerprint density at radius 1 is 0.839 bits per heavy atom. The quantitative estimate of drug-likeness (QED) is 0.151. The summed E-state index contributed by atoms with van der Waals surface area (Å²) in [6.07, 6.45) is 2.36. The average Bonchev–Trinajstić information content (AvgIpc) is 2.69. The number of aromatic nitrogens is 2. The Labute approximate surface area is 207 Å². The fourth-order valence-corrected chi connectivity index (χ4v) is 3.82. The van der Waals surface area contributed by atoms with E-state index in [0.717, 1.165) is 7.14 Å². The first kappa shape index (κ1) is 24.8. The maximum atomic E-state index is 10.6. The van der Waals surface area contributed by atoms with Crippen LogP contribution in [-0.2, 0) is 0 Å². The molecule has 10 nitrogen and oxygen atoms in total. The normalized spacial score (nSPS) is 10.2. The Kier molecular flexibility index (Phi) is 8.21. The number of hydrogen-bond acceptors (Lipinski definition) is 8. The number of benzene rings is 2. The van der Waals surface area contributed by atoms with Gasteiger partial charge in [0.2, 0.25) is 0 Å². The molecular weight excluding hydrogens is 653 g/mol. The molecule has 0 atom stereocenters. The number of nitrogens with two attached hydrogens (primary N) is 1. The number of hydrogen-bond donors (Lipinski definition) is 2. The molecule has 5 N–H and O–H groups in total. The van der Waals surface area contributed by atoms with Gasteiger partial charge in [0.25, 0.3) is 0 Å². The van der Waals surface area contributed by atoms with E-state index in [1.807, 2.05) is 12.1 Å². The van der Waals surface area contributed by atoms with Crippen LogP contribution in [-0.4, -0.2) is 19.8 Å². The molecule has 2 aromatic heterocycles. The minimum atomic E-state index is -0.533. The molecule has 2 heterocycles. The first-order valence-corrected chi connectivity index (χ1v) is 10.6. The maximum absolute atomic E-state index is 10.6. The van der Waals surface area contributed by atoms with Gasteiger partial charge in [0.05, 0.1) is 20.9 Å². The number of nitro groups is 2. The molecule has 0 saturated heterocycles. The third-order valence-electron chi connectivity index (χ3n) is 3.99. The summed E-state index contributed by atoms with van der Waals surface area (Å²) in [5.41, 5.74) is 6.89. The van der Waals surface area contributed by atoms with Crippen LogP contribution in [0.15, 0.2) is 48.8 Å². The van der Waals surface area contributed by atoms with Crippen LogP contribution in [0.1, 0.15) is 0 Å². The maximum Gasteiger partial charge on any atom is 0.310 e. The number of nitrogen functional groups attached to an aromatic ring is 1. The van der Waals surface area contributed by atoms with E-state index < -0.39 is 9.85 Å². The number of fused-ring (bicyclic) bond motifs is 2. The van der Waals surface area contributed by atoms with Gasteiger partial charge in [-0.25, -0.2) is 9.97 Å². The van der Waals surface area contributed by atoms with Gasteiger partial charge < -0.3 is 11.9 Å². The van der Waals surface area contributed by atoms with Crippen molar-refractivity contribution in [3.63, 3.8) is 0 Å². The van der Waals surface area contributed by atoms with Gasteiger partial charge in [-0.2, -0.15) is 0 Å². The van der Waals surface area contributed by atoms with Crippen LogP contribution in [0, 0.1) is 27.4 Å². The van der Waals surface area contributed by atoms with Crippen molar-refractivity contribution in [1.29, 1.82) is 0 Å². The minimum absolute atomic E-state index is 0. The molecule has 0 fully saturated rings. The van der Waals surface area contributed by atoms with Crippen LogP contribution < -0.4 is 11.9 Å². The Morgan fingerprint density at radius 3 is 1.81 bits per heavy atom. The monoisotopic (exact) mass is 666 g/mol. The highest BCUT2D eigenvalue weighted by Crippen LogP contribution is 2.31. The predicted octanol–water partition coefficient (Wildman–Crippen LogP) is 5.89. The van der Waals surface area contributed by atoms with E-state index in [1.54, 1.807) is 24.3 Å². The van der Waals surface area contributed by atoms with E-state index in [9.17, 15) is 20.2 Å². The molecule has 0 amide bonds. The first-order chi connectivity index (χ1) is 14.2. The largest absolute Gasteiger partial charge is 0.393 e. The van der Waals surface area contributed by atoms with Gasteiger partial charge in [0.1, 0.15) is 23.1 Å². The zero-order chi connectivity index (χ0) is 22.0. The van der Waals surface area contributed by atoms with Gasteiger partial charge in [-0.05, 0) is 81.6 Å². The molecule has 4 aromatic rings. The van der Waals surface area contributed by atoms with E-state index in [0.29, 0.717) is 21.8 Å². The van der Waals surface area contributed by atoms with Gasteiger partial charge in [0.15, 0.2) is 0 Å². The number of halogens is 3. The second-order valence-corrected chi connectivity index (χ2v) is 8.72. The van der Waals surface area contributed by atoms with Gasteiger partial charge in [-0.1, -0.05) is 11.6 Å². The molecule has 4 rings (SSSR count). The van der Waals surface area contributed by atoms with E-state index >= 15 is 0 Å². The Balaban J connectivity index is 0.000000213. The lowest BCUT2D eigenvalue weighted by atomic mass is 10.2. The van der Waals surface area contributed by atoms with E-state index in [1.165, 1.54) is 12.4 Å². The number of anilines is 1. The molecule has 31 heavy (non-hydrogen) atoms. The van der Waals surface area contributed by atoms with Crippen molar-refractivity contribution in [2.24, 2.45) is 0 Å². The van der Waals surface area contributed by atoms with Crippen LogP contribution in [0.25, 0.3) is 21.8 Å². The summed E-state index contributed by atoms with van der Waals surface area (Å²) in [6, 6.07) is 10.9. The van der Waals surface area contributed by atoms with Crippen molar-refractivity contribution >= 4 is 95.7 Å². The van der Waals surface area contributed by atoms with Gasteiger partial charge >= 0.3 is 11.4 Å². The summed E-state index contributed by atoms with van der Waals surface area (Å²) in [5, 5.41) is 22.6. The van der Waals surface area contributed by atoms with Crippen molar-refractivity contribution in [2.45, 2.75) is 0 Å². The van der Waals surface area contributed by atoms with Gasteiger partial charge in [-0.15, -0.1) is 0 Å². The summed E-state index contributed by atoms with van der Waals surface area (Å²) >= 11 is 10.2. The fourth-order valence-electron chi connectivity index (χ4n) is 2.57. The van der Waals surface area contributed by atoms with Crippen molar-refractivity contribution in [1.82, 2.24) is 16.1 Å². The highest BCUT2D eigenvalue weighted by Gasteiger charge is 2.16. The molecule has 0 aliphatic rings. The molecule has 0 aliphatic carbocycles. The molecule has 0 spiro atoms. The Bertz CT molecular complexity index is 1220. The summed E-state index contributed by atoms with van der Waals surface area (Å²) in [5.74, 6) is 0. The summed E-state index contributed by atoms with van der Waals surface area (Å²) in [7, 11) is 0. The number of pyridine rings is 2. The van der Waals surface area contributed by atoms with E-state index in [2.05, 4.69) is 55.1 Å². The van der Waals surface area contributed by atoms with Crippen molar-refractivity contribution in [3.05, 3.63) is 81.2 Å². The average molecular weight is 667 g/mol. The van der Waals surface area contributed by atoms with Crippen LogP contribution in [0.4, 0.5) is 17.1 Å². The Morgan fingerprint density at radius 2 is 1.29 bits per heavy atom. The second-order valence-electron chi connectivity index (χ2n) is 5.85. The highest BCUT2D eigenvalue weighted by atomic mass is 127. The lowest BCUT2D eigenvalue weighted by Crippen LogP contribution is -1.98. The molecule has 0 aliphatic heterocycles. The SMILES string of the molecule is N.Nc1c([N+](=O)[O-])cnc2ccc(I)cc12.O=[N+]([O-])c1cnc2ccc(I)cc2c1Cl. The molecule has 0 bridgehead atoms. The zero-order valence-corrected chi connectivity index (χ0v) is 20.5. The van der Waals surface area contributed by atoms with Crippen molar-refractivity contribution in [3.8, 4) is 0 Å². The van der Waals surface area contributed by atoms with Crippen molar-refractivity contribution in [2.75, 3.05) is 5.73 Å². The van der Waals surface area contributed by atoms with Crippen molar-refractivity contribution < 1.29 is 9.85 Å². The molecular formula is C18H13ClI2N6O4. The van der Waals surface area contributed by atoms with Crippen LogP contribution in [0.3, 0.4) is 0 Å². The molecule has 0 radical (unpaired) electrons. The molecule has 13 heteroatoms. The highest BCUT2D eigenvalue weighted by molar-refractivity contribution is 14.1. The zero-order valence-electron chi connectivity index (χ0n) is 15.5. The summed E-state index contributed by atoms with van der Waals surface area (Å²) in [6.45, 7) is 0. The number of nitrogens with zero attached hydrogens (tertiary/aromatic N) is 4. The third kappa shape index (κ3) is 5.44. The first-order valence-electron chi connectivity index (χ1n) is 8.05. The smallest absolute Gasteiger partial charge is 0.310 e. The Hall–Kier alpha value is -2.43. The standard InChI is InChI=1S/C9H4ClIN2O2.C9H6IN3O2.H3N/c10-9-6-3-5(11)1-2-7(6)12-4-8(9)13(14)15;10-5-1-2-7-6(3-5)9(11)8(4-12-7)13(14)15;/h1-4H;1-4H,(H2,11,12);1H3. The minimum Gasteiger partial charge on any atom is -0.393 e. The molecule has 0 unspecified atom stereocenters. The van der Waals surface area contributed by atoms with E-state index in [-0.39, 0.29) is 28.2 Å². The fraction of sp³-hybridized carbons (Fsp3) is 0. The number of rotatable bonds is 2. The lowest BCUT2D eigenvalue weighted by Gasteiger charge is -2.02. The predicted molar refractivity (Wildman–Crippen MR) is 137 cm³/mol. The van der Waals surface area contributed by atoms with Crippen LogP contribution >= 0.6 is 56.8 Å². The van der Waals surface area contributed by atoms with Crippen LogP contribution in [0.5, 0.6) is 0 Å². The lowest BCUT2D eigenvalue weighted by molar-refractivity contribution is -0.384. The summed E-state index contributed by atoms with van der Waals surface area (Å²) < 4.78 is 1.93. The molecule has 0 saturated carbocycles. The van der Waals surface area contributed by atoms with E-state index in [4.69, 9.17) is 17.3 Å². The summed E-state index contributed by atoms with van der Waals surface area (Å²) in [4.78, 5) is 28.2. The molecule has 2 aromatic carbocycles. The molecule has 160 valence electrons. The van der Waals surface area contributed by atoms with Crippen LogP contribution in [0.2, 0.25) is 5.02 Å². The second kappa shape index (κ2) is 10.3. The topological polar surface area (TPSA) is 173 Å². The third-order valence-corrected chi connectivity index (χ3v) is 5.73. The van der Waals surface area contributed by atoms with Gasteiger partial charge in [0, 0.05) is 17.9 Å². The van der Waals surface area contributed by atoms with Gasteiger partial charge in [-0.3, -0.25) is 20.2 Å².